The van der Waals surface area contributed by atoms with Crippen LogP contribution in [0, 0.1) is 34.5 Å². The van der Waals surface area contributed by atoms with Crippen molar-refractivity contribution in [1.82, 2.24) is 0 Å². The van der Waals surface area contributed by atoms with Crippen LogP contribution in [0.5, 0.6) is 0 Å². The van der Waals surface area contributed by atoms with Gasteiger partial charge in [-0.05, 0) is 98.4 Å². The van der Waals surface area contributed by atoms with Gasteiger partial charge in [0, 0.05) is 0 Å². The largest absolute Gasteiger partial charge is 0.393 e. The Morgan fingerprint density at radius 2 is 1.91 bits per heavy atom. The number of allylic oxidation sites excluding steroid dienone is 2. The van der Waals surface area contributed by atoms with E-state index in [2.05, 4.69) is 19.9 Å². The number of hydrogen-bond donors (Lipinski definition) is 1. The second-order valence-electron chi connectivity index (χ2n) is 9.45. The molecule has 0 spiro atoms. The van der Waals surface area contributed by atoms with Gasteiger partial charge in [0.25, 0.3) is 0 Å². The maximum atomic E-state index is 12.1. The molecule has 0 heterocycles. The van der Waals surface area contributed by atoms with Gasteiger partial charge in [-0.15, -0.1) is 0 Å². The van der Waals surface area contributed by atoms with Crippen molar-refractivity contribution in [1.29, 1.82) is 0 Å². The number of ketones is 1. The quantitative estimate of drug-likeness (QED) is 0.772. The molecule has 7 atom stereocenters. The SMILES string of the molecule is CC(=O)C1=CC[C@@H]2[C@H]3CC[C@H]4C[C@@H](O)CC[C@]4(C)[C@@H]3CC[C@]12C. The molecule has 3 saturated carbocycles. The van der Waals surface area contributed by atoms with Crippen LogP contribution >= 0.6 is 0 Å². The Morgan fingerprint density at radius 3 is 2.65 bits per heavy atom. The fraction of sp³-hybridized carbons (Fsp3) is 0.857. The third-order valence-corrected chi connectivity index (χ3v) is 8.60. The molecule has 4 aliphatic carbocycles. The summed E-state index contributed by atoms with van der Waals surface area (Å²) in [6, 6.07) is 0. The topological polar surface area (TPSA) is 37.3 Å². The predicted molar refractivity (Wildman–Crippen MR) is 91.9 cm³/mol. The van der Waals surface area contributed by atoms with Crippen LogP contribution in [0.2, 0.25) is 0 Å². The molecule has 2 nitrogen and oxygen atoms in total. The maximum Gasteiger partial charge on any atom is 0.156 e. The van der Waals surface area contributed by atoms with Crippen LogP contribution in [0.4, 0.5) is 0 Å². The number of aliphatic hydroxyl groups is 1. The number of Topliss-reactive ketones (excluding diaryl/α,β-unsaturated/α-hetero) is 1. The zero-order valence-electron chi connectivity index (χ0n) is 15.0. The Hall–Kier alpha value is -0.630. The molecule has 0 radical (unpaired) electrons. The first-order valence-electron chi connectivity index (χ1n) is 9.76. The van der Waals surface area contributed by atoms with E-state index in [1.54, 1.807) is 6.92 Å². The minimum atomic E-state index is -0.0593. The molecule has 0 aromatic carbocycles. The third-order valence-electron chi connectivity index (χ3n) is 8.60. The minimum Gasteiger partial charge on any atom is -0.393 e. The van der Waals surface area contributed by atoms with Gasteiger partial charge in [0.05, 0.1) is 6.10 Å². The molecule has 23 heavy (non-hydrogen) atoms. The lowest BCUT2D eigenvalue weighted by Crippen LogP contribution is -2.53. The van der Waals surface area contributed by atoms with Crippen molar-refractivity contribution in [3.05, 3.63) is 11.6 Å². The van der Waals surface area contributed by atoms with Crippen molar-refractivity contribution in [3.8, 4) is 0 Å². The Bertz CT molecular complexity index is 550. The molecule has 2 heteroatoms. The van der Waals surface area contributed by atoms with Gasteiger partial charge in [-0.1, -0.05) is 19.9 Å². The lowest BCUT2D eigenvalue weighted by molar-refractivity contribution is -0.124. The zero-order chi connectivity index (χ0) is 16.4. The summed E-state index contributed by atoms with van der Waals surface area (Å²) in [5.74, 6) is 3.31. The van der Waals surface area contributed by atoms with E-state index in [9.17, 15) is 9.90 Å². The van der Waals surface area contributed by atoms with Gasteiger partial charge >= 0.3 is 0 Å². The molecule has 1 N–H and O–H groups in total. The third kappa shape index (κ3) is 2.13. The van der Waals surface area contributed by atoms with Gasteiger partial charge in [0.2, 0.25) is 0 Å². The predicted octanol–water partition coefficient (Wildman–Crippen LogP) is 4.52. The minimum absolute atomic E-state index is 0.0593. The standard InChI is InChI=1S/C21H32O2/c1-13(22)17-6-7-18-16-5-4-14-12-15(23)8-10-20(14,2)19(16)9-11-21(17,18)3/h6,14-16,18-19,23H,4-5,7-12H2,1-3H3/t14-,15-,16+,18+,19+,20-,21+/m0/s1. The molecule has 0 unspecified atom stereocenters. The van der Waals surface area contributed by atoms with Crippen LogP contribution in [0.25, 0.3) is 0 Å². The normalized spacial score (nSPS) is 52.2. The van der Waals surface area contributed by atoms with Gasteiger partial charge in [-0.2, -0.15) is 0 Å². The number of fused-ring (bicyclic) bond motifs is 5. The number of rotatable bonds is 1. The number of carbonyl (C=O) groups is 1. The molecule has 3 fully saturated rings. The molecule has 0 amide bonds. The molecule has 0 saturated heterocycles. The van der Waals surface area contributed by atoms with Gasteiger partial charge in [0.1, 0.15) is 0 Å². The second-order valence-corrected chi connectivity index (χ2v) is 9.45. The molecular formula is C21H32O2. The van der Waals surface area contributed by atoms with Crippen molar-refractivity contribution < 1.29 is 9.90 Å². The van der Waals surface area contributed by atoms with Gasteiger partial charge in [-0.25, -0.2) is 0 Å². The fourth-order valence-corrected chi connectivity index (χ4v) is 7.35. The Kier molecular flexibility index (Phi) is 3.58. The summed E-state index contributed by atoms with van der Waals surface area (Å²) in [6.45, 7) is 6.65. The van der Waals surface area contributed by atoms with E-state index in [-0.39, 0.29) is 11.5 Å². The van der Waals surface area contributed by atoms with Crippen LogP contribution in [0.15, 0.2) is 11.6 Å². The first-order chi connectivity index (χ1) is 10.9. The van der Waals surface area contributed by atoms with E-state index in [4.69, 9.17) is 0 Å². The highest BCUT2D eigenvalue weighted by Crippen LogP contribution is 2.66. The molecule has 0 aromatic heterocycles. The highest BCUT2D eigenvalue weighted by molar-refractivity contribution is 5.95. The average Bonchev–Trinajstić information content (AvgIpc) is 2.85. The number of aliphatic hydroxyl groups excluding tert-OH is 1. The van der Waals surface area contributed by atoms with E-state index >= 15 is 0 Å². The molecule has 0 aromatic rings. The van der Waals surface area contributed by atoms with Crippen molar-refractivity contribution in [2.24, 2.45) is 34.5 Å². The molecule has 4 aliphatic rings. The Morgan fingerprint density at radius 1 is 1.13 bits per heavy atom. The zero-order valence-corrected chi connectivity index (χ0v) is 15.0. The molecule has 0 bridgehead atoms. The molecule has 4 rings (SSSR count). The van der Waals surface area contributed by atoms with E-state index < -0.39 is 0 Å². The number of carbonyl (C=O) groups excluding carboxylic acids is 1. The Labute approximate surface area is 140 Å². The van der Waals surface area contributed by atoms with Crippen LogP contribution in [0.3, 0.4) is 0 Å². The average molecular weight is 316 g/mol. The van der Waals surface area contributed by atoms with Crippen LogP contribution < -0.4 is 0 Å². The lowest BCUT2D eigenvalue weighted by Gasteiger charge is -2.60. The summed E-state index contributed by atoms with van der Waals surface area (Å²) < 4.78 is 0. The van der Waals surface area contributed by atoms with E-state index in [0.717, 1.165) is 42.6 Å². The van der Waals surface area contributed by atoms with Crippen LogP contribution in [-0.2, 0) is 4.79 Å². The van der Waals surface area contributed by atoms with Crippen molar-refractivity contribution in [2.75, 3.05) is 0 Å². The fourth-order valence-electron chi connectivity index (χ4n) is 7.35. The van der Waals surface area contributed by atoms with Crippen molar-refractivity contribution >= 4 is 5.78 Å². The lowest BCUT2D eigenvalue weighted by atomic mass is 9.44. The first kappa shape index (κ1) is 15.9. The number of hydrogen-bond acceptors (Lipinski definition) is 2. The van der Waals surface area contributed by atoms with E-state index in [0.29, 0.717) is 17.1 Å². The smallest absolute Gasteiger partial charge is 0.156 e. The molecular weight excluding hydrogens is 284 g/mol. The highest BCUT2D eigenvalue weighted by Gasteiger charge is 2.58. The summed E-state index contributed by atoms with van der Waals surface area (Å²) in [5.41, 5.74) is 1.71. The summed E-state index contributed by atoms with van der Waals surface area (Å²) in [5, 5.41) is 10.1. The molecule has 128 valence electrons. The monoisotopic (exact) mass is 316 g/mol. The Balaban J connectivity index is 1.62. The van der Waals surface area contributed by atoms with E-state index in [1.165, 1.54) is 32.1 Å². The van der Waals surface area contributed by atoms with Gasteiger partial charge < -0.3 is 5.11 Å². The van der Waals surface area contributed by atoms with Crippen LogP contribution in [-0.4, -0.2) is 17.0 Å². The maximum absolute atomic E-state index is 12.1. The van der Waals surface area contributed by atoms with Gasteiger partial charge in [0.15, 0.2) is 5.78 Å². The summed E-state index contributed by atoms with van der Waals surface area (Å²) in [6.07, 6.45) is 11.6. The van der Waals surface area contributed by atoms with E-state index in [1.807, 2.05) is 0 Å². The summed E-state index contributed by atoms with van der Waals surface area (Å²) in [7, 11) is 0. The van der Waals surface area contributed by atoms with Crippen molar-refractivity contribution in [3.63, 3.8) is 0 Å². The molecule has 0 aliphatic heterocycles. The second kappa shape index (κ2) is 5.18. The summed E-state index contributed by atoms with van der Waals surface area (Å²) >= 11 is 0. The highest BCUT2D eigenvalue weighted by atomic mass is 16.3. The van der Waals surface area contributed by atoms with Crippen LogP contribution in [0.1, 0.15) is 72.1 Å². The summed E-state index contributed by atoms with van der Waals surface area (Å²) in [4.78, 5) is 12.1. The first-order valence-corrected chi connectivity index (χ1v) is 9.76. The van der Waals surface area contributed by atoms with Gasteiger partial charge in [-0.3, -0.25) is 4.79 Å². The van der Waals surface area contributed by atoms with Crippen molar-refractivity contribution in [2.45, 2.75) is 78.2 Å².